The molecule has 2 N–H and O–H groups in total. The number of alkyl halides is 1. The maximum atomic E-state index is 9.95. The molecule has 0 bridgehead atoms. The van der Waals surface area contributed by atoms with Gasteiger partial charge in [-0.05, 0) is 17.5 Å². The lowest BCUT2D eigenvalue weighted by Crippen LogP contribution is -2.19. The van der Waals surface area contributed by atoms with Gasteiger partial charge in [-0.3, -0.25) is 0 Å². The fourth-order valence-corrected chi connectivity index (χ4v) is 2.01. The summed E-state index contributed by atoms with van der Waals surface area (Å²) < 4.78 is 0. The molecule has 1 aromatic carbocycles. The molecule has 0 fully saturated rings. The number of nitriles is 1. The Balaban J connectivity index is 2.89. The number of benzene rings is 1. The summed E-state index contributed by atoms with van der Waals surface area (Å²) in [5, 5.41) is 28.9. The maximum Gasteiger partial charge on any atom is 0.105 e. The summed E-state index contributed by atoms with van der Waals surface area (Å²) in [6, 6.07) is 9.20. The first-order chi connectivity index (χ1) is 7.70. The monoisotopic (exact) mass is 283 g/mol. The number of hydrogen-bond acceptors (Lipinski definition) is 3. The molecule has 0 saturated heterocycles. The van der Waals surface area contributed by atoms with Crippen molar-refractivity contribution in [1.29, 1.82) is 5.26 Å². The van der Waals surface area contributed by atoms with Crippen LogP contribution in [0.3, 0.4) is 0 Å². The Labute approximate surface area is 103 Å². The van der Waals surface area contributed by atoms with Crippen LogP contribution in [-0.4, -0.2) is 21.6 Å². The summed E-state index contributed by atoms with van der Waals surface area (Å²) in [4.78, 5) is 0. The van der Waals surface area contributed by atoms with Gasteiger partial charge < -0.3 is 10.2 Å². The predicted octanol–water partition coefficient (Wildman–Crippen LogP) is 1.93. The van der Waals surface area contributed by atoms with Crippen molar-refractivity contribution in [3.8, 4) is 6.07 Å². The van der Waals surface area contributed by atoms with Crippen molar-refractivity contribution >= 4 is 15.9 Å². The molecule has 0 aliphatic carbocycles. The van der Waals surface area contributed by atoms with Crippen LogP contribution in [0.4, 0.5) is 0 Å². The summed E-state index contributed by atoms with van der Waals surface area (Å²) in [7, 11) is 0. The van der Waals surface area contributed by atoms with Crippen molar-refractivity contribution < 1.29 is 10.2 Å². The molecule has 4 heteroatoms. The Bertz CT molecular complexity index is 376. The van der Waals surface area contributed by atoms with Crippen LogP contribution >= 0.6 is 15.9 Å². The molecule has 0 spiro atoms. The number of hydrogen-bond donors (Lipinski definition) is 2. The Kier molecular flexibility index (Phi) is 5.47. The summed E-state index contributed by atoms with van der Waals surface area (Å²) in [5.41, 5.74) is 1.41. The molecule has 0 amide bonds. The Hall–Kier alpha value is -0.890. The molecule has 1 aromatic rings. The van der Waals surface area contributed by atoms with E-state index >= 15 is 0 Å². The Morgan fingerprint density at radius 1 is 1.31 bits per heavy atom. The van der Waals surface area contributed by atoms with Gasteiger partial charge in [-0.25, -0.2) is 0 Å². The van der Waals surface area contributed by atoms with Gasteiger partial charge in [-0.1, -0.05) is 40.2 Å². The van der Waals surface area contributed by atoms with Gasteiger partial charge in [0.1, 0.15) is 6.10 Å². The van der Waals surface area contributed by atoms with Crippen LogP contribution in [0.2, 0.25) is 0 Å². The summed E-state index contributed by atoms with van der Waals surface area (Å²) in [6.07, 6.45) is -1.02. The van der Waals surface area contributed by atoms with E-state index < -0.39 is 12.2 Å². The van der Waals surface area contributed by atoms with E-state index in [1.165, 1.54) is 0 Å². The highest BCUT2D eigenvalue weighted by Crippen LogP contribution is 2.23. The molecule has 1 rings (SSSR count). The lowest BCUT2D eigenvalue weighted by atomic mass is 9.96. The standard InChI is InChI=1S/C12H14BrNO2/c13-7-5-11(15)12(16)10-4-2-1-3-9(10)6-8-14/h1-4,11-12,15-16H,5-7H2. The van der Waals surface area contributed by atoms with Gasteiger partial charge in [0.2, 0.25) is 0 Å². The maximum absolute atomic E-state index is 9.95. The van der Waals surface area contributed by atoms with Gasteiger partial charge in [0, 0.05) is 5.33 Å². The summed E-state index contributed by atoms with van der Waals surface area (Å²) >= 11 is 3.22. The second-order valence-corrected chi connectivity index (χ2v) is 4.32. The normalized spacial score (nSPS) is 14.1. The first kappa shape index (κ1) is 13.2. The number of halogens is 1. The Morgan fingerprint density at radius 2 is 2.00 bits per heavy atom. The summed E-state index contributed by atoms with van der Waals surface area (Å²) in [6.45, 7) is 0. The molecule has 0 aromatic heterocycles. The van der Waals surface area contributed by atoms with Crippen molar-refractivity contribution in [3.63, 3.8) is 0 Å². The average Bonchev–Trinajstić information content (AvgIpc) is 2.29. The lowest BCUT2D eigenvalue weighted by Gasteiger charge is -2.19. The minimum Gasteiger partial charge on any atom is -0.390 e. The number of rotatable bonds is 5. The highest BCUT2D eigenvalue weighted by molar-refractivity contribution is 9.09. The fraction of sp³-hybridized carbons (Fsp3) is 0.417. The zero-order valence-electron chi connectivity index (χ0n) is 8.81. The zero-order valence-corrected chi connectivity index (χ0v) is 10.4. The third-order valence-electron chi connectivity index (χ3n) is 2.41. The highest BCUT2D eigenvalue weighted by atomic mass is 79.9. The van der Waals surface area contributed by atoms with Gasteiger partial charge in [0.05, 0.1) is 18.6 Å². The third-order valence-corrected chi connectivity index (χ3v) is 2.87. The van der Waals surface area contributed by atoms with E-state index in [-0.39, 0.29) is 6.42 Å². The van der Waals surface area contributed by atoms with Crippen molar-refractivity contribution in [2.75, 3.05) is 5.33 Å². The predicted molar refractivity (Wildman–Crippen MR) is 65.1 cm³/mol. The van der Waals surface area contributed by atoms with Crippen LogP contribution in [0.5, 0.6) is 0 Å². The molecule has 16 heavy (non-hydrogen) atoms. The van der Waals surface area contributed by atoms with Crippen LogP contribution in [0.15, 0.2) is 24.3 Å². The molecule has 0 aliphatic rings. The smallest absolute Gasteiger partial charge is 0.105 e. The SMILES string of the molecule is N#CCc1ccccc1C(O)C(O)CCBr. The first-order valence-corrected chi connectivity index (χ1v) is 6.19. The number of nitrogens with zero attached hydrogens (tertiary/aromatic N) is 1. The molecule has 0 aliphatic heterocycles. The highest BCUT2D eigenvalue weighted by Gasteiger charge is 2.19. The molecule has 0 saturated carbocycles. The van der Waals surface area contributed by atoms with Gasteiger partial charge in [0.15, 0.2) is 0 Å². The molecule has 0 radical (unpaired) electrons. The van der Waals surface area contributed by atoms with E-state index in [2.05, 4.69) is 15.9 Å². The molecular formula is C12H14BrNO2. The van der Waals surface area contributed by atoms with Gasteiger partial charge in [-0.2, -0.15) is 5.26 Å². The van der Waals surface area contributed by atoms with E-state index in [0.29, 0.717) is 17.3 Å². The minimum absolute atomic E-state index is 0.244. The van der Waals surface area contributed by atoms with Gasteiger partial charge in [0.25, 0.3) is 0 Å². The molecular weight excluding hydrogens is 270 g/mol. The second kappa shape index (κ2) is 6.64. The fourth-order valence-electron chi connectivity index (χ4n) is 1.55. The first-order valence-electron chi connectivity index (χ1n) is 5.07. The van der Waals surface area contributed by atoms with Crippen molar-refractivity contribution in [3.05, 3.63) is 35.4 Å². The molecule has 3 nitrogen and oxygen atoms in total. The quantitative estimate of drug-likeness (QED) is 0.812. The van der Waals surface area contributed by atoms with E-state index in [0.717, 1.165) is 5.56 Å². The van der Waals surface area contributed by atoms with Crippen LogP contribution in [0.25, 0.3) is 0 Å². The van der Waals surface area contributed by atoms with Crippen LogP contribution in [0.1, 0.15) is 23.7 Å². The van der Waals surface area contributed by atoms with Crippen LogP contribution in [0, 0.1) is 11.3 Å². The van der Waals surface area contributed by atoms with E-state index in [1.807, 2.05) is 12.1 Å². The van der Waals surface area contributed by atoms with Crippen LogP contribution in [-0.2, 0) is 6.42 Å². The average molecular weight is 284 g/mol. The Morgan fingerprint density at radius 3 is 2.62 bits per heavy atom. The lowest BCUT2D eigenvalue weighted by molar-refractivity contribution is 0.0169. The number of aliphatic hydroxyl groups excluding tert-OH is 2. The van der Waals surface area contributed by atoms with E-state index in [4.69, 9.17) is 5.26 Å². The number of aliphatic hydroxyl groups is 2. The van der Waals surface area contributed by atoms with Crippen LogP contribution < -0.4 is 0 Å². The molecule has 2 atom stereocenters. The second-order valence-electron chi connectivity index (χ2n) is 3.52. The van der Waals surface area contributed by atoms with E-state index in [9.17, 15) is 10.2 Å². The molecule has 0 heterocycles. The molecule has 86 valence electrons. The van der Waals surface area contributed by atoms with Gasteiger partial charge >= 0.3 is 0 Å². The van der Waals surface area contributed by atoms with Crippen molar-refractivity contribution in [2.45, 2.75) is 25.0 Å². The van der Waals surface area contributed by atoms with Gasteiger partial charge in [-0.15, -0.1) is 0 Å². The topological polar surface area (TPSA) is 64.2 Å². The van der Waals surface area contributed by atoms with E-state index in [1.54, 1.807) is 18.2 Å². The largest absolute Gasteiger partial charge is 0.390 e. The summed E-state index contributed by atoms with van der Waals surface area (Å²) in [5.74, 6) is 0. The molecule has 2 unspecified atom stereocenters. The third kappa shape index (κ3) is 3.31. The minimum atomic E-state index is -0.929. The van der Waals surface area contributed by atoms with Crippen molar-refractivity contribution in [2.24, 2.45) is 0 Å². The zero-order chi connectivity index (χ0) is 12.0. The van der Waals surface area contributed by atoms with Crippen molar-refractivity contribution in [1.82, 2.24) is 0 Å².